The summed E-state index contributed by atoms with van der Waals surface area (Å²) in [7, 11) is -3.74. The van der Waals surface area contributed by atoms with Gasteiger partial charge in [0.1, 0.15) is 0 Å². The highest BCUT2D eigenvalue weighted by Gasteiger charge is 2.21. The van der Waals surface area contributed by atoms with Crippen molar-refractivity contribution in [3.05, 3.63) is 173 Å². The molecule has 0 radical (unpaired) electrons. The van der Waals surface area contributed by atoms with Crippen LogP contribution in [0.5, 0.6) is 0 Å². The van der Waals surface area contributed by atoms with Crippen LogP contribution in [0.1, 0.15) is 40.7 Å². The van der Waals surface area contributed by atoms with Gasteiger partial charge in [0.2, 0.25) is 0 Å². The van der Waals surface area contributed by atoms with Crippen molar-refractivity contribution in [3.8, 4) is 0 Å². The van der Waals surface area contributed by atoms with Gasteiger partial charge in [0.25, 0.3) is 10.1 Å². The highest BCUT2D eigenvalue weighted by molar-refractivity contribution is 7.86. The Morgan fingerprint density at radius 3 is 1.23 bits per heavy atom. The van der Waals surface area contributed by atoms with Crippen molar-refractivity contribution in [1.29, 1.82) is 0 Å². The maximum atomic E-state index is 12.0. The van der Waals surface area contributed by atoms with E-state index in [1.54, 1.807) is 12.1 Å². The number of morpholine rings is 2. The Hall–Kier alpha value is -4.47. The fourth-order valence-electron chi connectivity index (χ4n) is 7.84. The third-order valence-corrected chi connectivity index (χ3v) is 13.2. The number of hydrogen-bond acceptors (Lipinski definition) is 15. The van der Waals surface area contributed by atoms with Crippen molar-refractivity contribution in [2.45, 2.75) is 63.2 Å². The molecule has 0 aromatic heterocycles. The van der Waals surface area contributed by atoms with Crippen molar-refractivity contribution in [1.82, 2.24) is 9.80 Å². The second-order valence-electron chi connectivity index (χ2n) is 18.0. The lowest BCUT2D eigenvalue weighted by Crippen LogP contribution is -2.42. The Bertz CT molecular complexity index is 2230. The first-order valence-electron chi connectivity index (χ1n) is 26.3. The Morgan fingerprint density at radius 1 is 0.453 bits per heavy atom. The van der Waals surface area contributed by atoms with Gasteiger partial charge >= 0.3 is 0 Å². The van der Waals surface area contributed by atoms with E-state index in [-0.39, 0.29) is 36.9 Å². The van der Waals surface area contributed by atoms with E-state index in [1.165, 1.54) is 28.8 Å². The summed E-state index contributed by atoms with van der Waals surface area (Å²) in [6.07, 6.45) is 2.09. The third kappa shape index (κ3) is 28.5. The van der Waals surface area contributed by atoms with Crippen LogP contribution < -0.4 is 0 Å². The zero-order valence-corrected chi connectivity index (χ0v) is 44.9. The largest absolute Gasteiger partial charge is 0.396 e. The number of benzene rings is 5. The highest BCUT2D eigenvalue weighted by Crippen LogP contribution is 2.15. The van der Waals surface area contributed by atoms with E-state index in [4.69, 9.17) is 51.9 Å². The van der Waals surface area contributed by atoms with Crippen LogP contribution >= 0.6 is 0 Å². The second kappa shape index (κ2) is 39.0. The van der Waals surface area contributed by atoms with Crippen LogP contribution in [-0.4, -0.2) is 167 Å². The van der Waals surface area contributed by atoms with E-state index in [2.05, 4.69) is 76.5 Å². The van der Waals surface area contributed by atoms with Crippen molar-refractivity contribution < 1.29 is 60.3 Å². The Morgan fingerprint density at radius 2 is 0.813 bits per heavy atom. The molecule has 2 heterocycles. The van der Waals surface area contributed by atoms with Gasteiger partial charge in [-0.1, -0.05) is 139 Å². The van der Waals surface area contributed by atoms with Gasteiger partial charge in [-0.25, -0.2) is 0 Å². The molecule has 0 aliphatic carbocycles. The number of nitrogens with zero attached hydrogens (tertiary/aromatic N) is 2. The van der Waals surface area contributed by atoms with Crippen LogP contribution in [0.15, 0.2) is 150 Å². The molecule has 5 aromatic carbocycles. The van der Waals surface area contributed by atoms with Crippen LogP contribution in [0.25, 0.3) is 0 Å². The summed E-state index contributed by atoms with van der Waals surface area (Å²) < 4.78 is 78.9. The number of ether oxygens (including phenoxy) is 9. The summed E-state index contributed by atoms with van der Waals surface area (Å²) in [5.41, 5.74) is 5.98. The van der Waals surface area contributed by atoms with Gasteiger partial charge in [0, 0.05) is 52.5 Å². The molecule has 16 heteroatoms. The lowest BCUT2D eigenvalue weighted by Gasteiger charge is -2.33. The van der Waals surface area contributed by atoms with Crippen molar-refractivity contribution in [2.75, 3.05) is 132 Å². The lowest BCUT2D eigenvalue weighted by molar-refractivity contribution is -0.0505. The molecular weight excluding hydrogens is 977 g/mol. The molecule has 0 bridgehead atoms. The van der Waals surface area contributed by atoms with Crippen LogP contribution in [0, 0.1) is 6.92 Å². The number of aryl methyl sites for hydroxylation is 1. The minimum atomic E-state index is -3.74. The summed E-state index contributed by atoms with van der Waals surface area (Å²) in [5.74, 6) is 0. The molecule has 75 heavy (non-hydrogen) atoms. The predicted octanol–water partition coefficient (Wildman–Crippen LogP) is 7.76. The molecule has 15 nitrogen and oxygen atoms in total. The average Bonchev–Trinajstić information content (AvgIpc) is 3.43. The molecule has 2 fully saturated rings. The SMILES string of the molecule is Cc1ccc(S(=O)(=O)OCCOCCOCCOCc2ccccc2)cc1.OCCC1CN(Cc2ccccc2)CCO1.c1ccc(COCCOCCOCCOCCC2CN(Cc3ccccc3)CCO2)cc1. The summed E-state index contributed by atoms with van der Waals surface area (Å²) >= 11 is 0. The lowest BCUT2D eigenvalue weighted by atomic mass is 10.1. The van der Waals surface area contributed by atoms with Crippen molar-refractivity contribution in [2.24, 2.45) is 0 Å². The molecule has 5 aromatic rings. The molecule has 1 N–H and O–H groups in total. The average molecular weight is 1060 g/mol. The molecule has 2 atom stereocenters. The molecular formula is C59H82N2O13S. The predicted molar refractivity (Wildman–Crippen MR) is 290 cm³/mol. The maximum absolute atomic E-state index is 12.0. The highest BCUT2D eigenvalue weighted by atomic mass is 32.2. The molecule has 0 saturated carbocycles. The smallest absolute Gasteiger partial charge is 0.297 e. The molecule has 2 aliphatic rings. The van der Waals surface area contributed by atoms with Gasteiger partial charge in [-0.3, -0.25) is 14.0 Å². The standard InChI is InChI=1S/C26H37NO5.C20H26O6S.C13H19NO2/c1-3-7-24(8-4-1)21-27-12-14-32-26(22-27)11-13-28-15-16-29-17-18-30-19-20-31-23-25-9-5-2-6-10-25;1-18-7-9-20(10-8-18)27(21,22)26-16-15-24-12-11-23-13-14-25-17-19-5-3-2-4-6-19;15-8-6-13-11-14(7-9-16-13)10-12-4-2-1-3-5-12/h1-10,26H,11-23H2;2-10H,11-17H2,1H3;1-5,13,15H,6-11H2. The molecule has 2 unspecified atom stereocenters. The Kier molecular flexibility index (Phi) is 31.9. The zero-order chi connectivity index (χ0) is 52.7. The molecule has 2 aliphatic heterocycles. The topological polar surface area (TPSA) is 153 Å². The first-order chi connectivity index (χ1) is 36.9. The minimum Gasteiger partial charge on any atom is -0.396 e. The number of aliphatic hydroxyl groups is 1. The summed E-state index contributed by atoms with van der Waals surface area (Å²) in [4.78, 5) is 4.99. The van der Waals surface area contributed by atoms with Crippen LogP contribution in [0.3, 0.4) is 0 Å². The van der Waals surface area contributed by atoms with E-state index in [0.29, 0.717) is 85.9 Å². The zero-order valence-electron chi connectivity index (χ0n) is 44.0. The van der Waals surface area contributed by atoms with E-state index in [0.717, 1.165) is 76.5 Å². The van der Waals surface area contributed by atoms with E-state index >= 15 is 0 Å². The monoisotopic (exact) mass is 1060 g/mol. The van der Waals surface area contributed by atoms with Crippen LogP contribution in [0.4, 0.5) is 0 Å². The van der Waals surface area contributed by atoms with E-state index in [1.807, 2.05) is 61.5 Å². The quantitative estimate of drug-likeness (QED) is 0.0322. The first-order valence-corrected chi connectivity index (χ1v) is 27.7. The summed E-state index contributed by atoms with van der Waals surface area (Å²) in [6, 6.07) is 47.7. The molecule has 2 saturated heterocycles. The first kappa shape index (κ1) is 61.4. The van der Waals surface area contributed by atoms with Gasteiger partial charge in [-0.05, 0) is 54.2 Å². The van der Waals surface area contributed by atoms with Crippen LogP contribution in [-0.2, 0) is 83.2 Å². The van der Waals surface area contributed by atoms with Gasteiger partial charge in [0.05, 0.1) is 123 Å². The van der Waals surface area contributed by atoms with Gasteiger partial charge in [-0.15, -0.1) is 0 Å². The third-order valence-electron chi connectivity index (χ3n) is 11.8. The van der Waals surface area contributed by atoms with Gasteiger partial charge in [0.15, 0.2) is 0 Å². The Labute approximate surface area is 447 Å². The van der Waals surface area contributed by atoms with Crippen molar-refractivity contribution in [3.63, 3.8) is 0 Å². The van der Waals surface area contributed by atoms with E-state index < -0.39 is 10.1 Å². The molecule has 0 amide bonds. The number of rotatable bonds is 33. The summed E-state index contributed by atoms with van der Waals surface area (Å²) in [6.45, 7) is 16.8. The second-order valence-corrected chi connectivity index (χ2v) is 19.6. The van der Waals surface area contributed by atoms with E-state index in [9.17, 15) is 8.42 Å². The van der Waals surface area contributed by atoms with Crippen LogP contribution in [0.2, 0.25) is 0 Å². The summed E-state index contributed by atoms with van der Waals surface area (Å²) in [5, 5.41) is 8.90. The molecule has 7 rings (SSSR count). The number of hydrogen-bond donors (Lipinski definition) is 1. The fraction of sp³-hybridized carbons (Fsp3) is 0.492. The maximum Gasteiger partial charge on any atom is 0.297 e. The fourth-order valence-corrected chi connectivity index (χ4v) is 8.74. The normalized spacial score (nSPS) is 16.1. The van der Waals surface area contributed by atoms with Crippen molar-refractivity contribution >= 4 is 10.1 Å². The Balaban J connectivity index is 0.000000219. The number of aliphatic hydroxyl groups excluding tert-OH is 1. The molecule has 412 valence electrons. The van der Waals surface area contributed by atoms with Gasteiger partial charge < -0.3 is 47.7 Å². The van der Waals surface area contributed by atoms with Gasteiger partial charge in [-0.2, -0.15) is 8.42 Å². The molecule has 0 spiro atoms. The minimum absolute atomic E-state index is 0.0314.